The van der Waals surface area contributed by atoms with Gasteiger partial charge in [-0.1, -0.05) is 0 Å². The number of nitrogens with zero attached hydrogens (tertiary/aromatic N) is 4. The Morgan fingerprint density at radius 2 is 2.15 bits per heavy atom. The second-order valence-electron chi connectivity index (χ2n) is 5.16. The number of fused-ring (bicyclic) bond motifs is 1. The molecule has 2 aromatic rings. The first-order chi connectivity index (χ1) is 9.70. The van der Waals surface area contributed by atoms with E-state index in [-0.39, 0.29) is 6.61 Å². The standard InChI is InChI=1S/C13H18BrN5O/c14-10-7-11(19-12(10)13(15)16-8-17-19)9-1-3-18(4-2-9)5-6-20/h7-9,20H,1-6H2,(H2,15,16,17). The zero-order valence-electron chi connectivity index (χ0n) is 11.2. The van der Waals surface area contributed by atoms with E-state index in [1.165, 1.54) is 12.0 Å². The highest BCUT2D eigenvalue weighted by atomic mass is 79.9. The number of likely N-dealkylation sites (tertiary alicyclic amines) is 1. The number of nitrogen functional groups attached to an aromatic ring is 1. The van der Waals surface area contributed by atoms with Crippen molar-refractivity contribution < 1.29 is 5.11 Å². The van der Waals surface area contributed by atoms with Crippen molar-refractivity contribution in [3.63, 3.8) is 0 Å². The van der Waals surface area contributed by atoms with Gasteiger partial charge in [-0.2, -0.15) is 5.10 Å². The number of hydrogen-bond acceptors (Lipinski definition) is 5. The highest BCUT2D eigenvalue weighted by molar-refractivity contribution is 9.10. The van der Waals surface area contributed by atoms with Gasteiger partial charge in [-0.15, -0.1) is 0 Å². The Bertz CT molecular complexity index is 606. The quantitative estimate of drug-likeness (QED) is 0.879. The van der Waals surface area contributed by atoms with Gasteiger partial charge in [0.25, 0.3) is 0 Å². The second-order valence-corrected chi connectivity index (χ2v) is 6.02. The number of β-amino-alcohol motifs (C(OH)–C–C–N with tert-alkyl or cyclic N) is 1. The van der Waals surface area contributed by atoms with Gasteiger partial charge in [-0.3, -0.25) is 0 Å². The van der Waals surface area contributed by atoms with Gasteiger partial charge in [0.1, 0.15) is 11.8 Å². The van der Waals surface area contributed by atoms with Crippen LogP contribution in [0.25, 0.3) is 5.52 Å². The van der Waals surface area contributed by atoms with E-state index in [1.54, 1.807) is 0 Å². The Kier molecular flexibility index (Phi) is 3.91. The molecule has 0 amide bonds. The van der Waals surface area contributed by atoms with Crippen LogP contribution >= 0.6 is 15.9 Å². The van der Waals surface area contributed by atoms with Gasteiger partial charge in [-0.05, 0) is 47.9 Å². The molecule has 0 aliphatic carbocycles. The normalized spacial score (nSPS) is 17.9. The Balaban J connectivity index is 1.87. The number of halogens is 1. The molecule has 3 rings (SSSR count). The number of aliphatic hydroxyl groups is 1. The summed E-state index contributed by atoms with van der Waals surface area (Å²) in [6, 6.07) is 2.10. The van der Waals surface area contributed by atoms with Crippen molar-refractivity contribution >= 4 is 27.3 Å². The molecule has 0 unspecified atom stereocenters. The zero-order chi connectivity index (χ0) is 14.1. The SMILES string of the molecule is Nc1ncnn2c(C3CCN(CCO)CC3)cc(Br)c12. The molecule has 6 nitrogen and oxygen atoms in total. The van der Waals surface area contributed by atoms with Crippen LogP contribution in [0.4, 0.5) is 5.82 Å². The second kappa shape index (κ2) is 5.67. The summed E-state index contributed by atoms with van der Waals surface area (Å²) >= 11 is 3.55. The fourth-order valence-corrected chi connectivity index (χ4v) is 3.54. The maximum atomic E-state index is 8.99. The van der Waals surface area contributed by atoms with Crippen molar-refractivity contribution in [1.29, 1.82) is 0 Å². The van der Waals surface area contributed by atoms with Crippen LogP contribution in [0.2, 0.25) is 0 Å². The summed E-state index contributed by atoms with van der Waals surface area (Å²) in [4.78, 5) is 6.34. The summed E-state index contributed by atoms with van der Waals surface area (Å²) in [6.45, 7) is 3.02. The van der Waals surface area contributed by atoms with Gasteiger partial charge in [0.2, 0.25) is 0 Å². The van der Waals surface area contributed by atoms with Crippen LogP contribution in [-0.4, -0.2) is 50.8 Å². The maximum Gasteiger partial charge on any atom is 0.152 e. The molecule has 0 spiro atoms. The minimum atomic E-state index is 0.230. The predicted molar refractivity (Wildman–Crippen MR) is 80.6 cm³/mol. The Morgan fingerprint density at radius 1 is 1.40 bits per heavy atom. The van der Waals surface area contributed by atoms with Crippen LogP contribution in [0.15, 0.2) is 16.9 Å². The fourth-order valence-electron chi connectivity index (χ4n) is 2.93. The summed E-state index contributed by atoms with van der Waals surface area (Å²) in [6.07, 6.45) is 3.64. The highest BCUT2D eigenvalue weighted by Gasteiger charge is 2.24. The minimum Gasteiger partial charge on any atom is -0.395 e. The molecular weight excluding hydrogens is 322 g/mol. The van der Waals surface area contributed by atoms with Crippen molar-refractivity contribution in [3.05, 3.63) is 22.6 Å². The van der Waals surface area contributed by atoms with Crippen LogP contribution in [0.1, 0.15) is 24.5 Å². The van der Waals surface area contributed by atoms with E-state index in [1.807, 2.05) is 4.52 Å². The van der Waals surface area contributed by atoms with Crippen LogP contribution in [-0.2, 0) is 0 Å². The van der Waals surface area contributed by atoms with Crippen LogP contribution in [0, 0.1) is 0 Å². The van der Waals surface area contributed by atoms with Crippen LogP contribution in [0.5, 0.6) is 0 Å². The molecule has 0 radical (unpaired) electrons. The summed E-state index contributed by atoms with van der Waals surface area (Å²) in [5.41, 5.74) is 7.96. The molecule has 20 heavy (non-hydrogen) atoms. The van der Waals surface area contributed by atoms with Crippen molar-refractivity contribution in [2.75, 3.05) is 32.0 Å². The summed E-state index contributed by atoms with van der Waals surface area (Å²) in [5, 5.41) is 13.3. The molecule has 108 valence electrons. The zero-order valence-corrected chi connectivity index (χ0v) is 12.8. The number of aliphatic hydroxyl groups excluding tert-OH is 1. The fraction of sp³-hybridized carbons (Fsp3) is 0.538. The monoisotopic (exact) mass is 339 g/mol. The molecule has 0 atom stereocenters. The summed E-state index contributed by atoms with van der Waals surface area (Å²) in [5.74, 6) is 0.967. The molecule has 1 aliphatic rings. The Hall–Kier alpha value is -1.18. The topological polar surface area (TPSA) is 79.7 Å². The lowest BCUT2D eigenvalue weighted by Gasteiger charge is -2.31. The first kappa shape index (κ1) is 13.8. The molecule has 1 aliphatic heterocycles. The third-order valence-electron chi connectivity index (χ3n) is 3.99. The van der Waals surface area contributed by atoms with E-state index >= 15 is 0 Å². The maximum absolute atomic E-state index is 8.99. The van der Waals surface area contributed by atoms with E-state index in [0.717, 1.165) is 42.5 Å². The minimum absolute atomic E-state index is 0.230. The van der Waals surface area contributed by atoms with Gasteiger partial charge in [0, 0.05) is 22.6 Å². The molecular formula is C13H18BrN5O. The summed E-state index contributed by atoms with van der Waals surface area (Å²) < 4.78 is 2.85. The smallest absolute Gasteiger partial charge is 0.152 e. The first-order valence-electron chi connectivity index (χ1n) is 6.81. The van der Waals surface area contributed by atoms with Crippen molar-refractivity contribution in [1.82, 2.24) is 19.5 Å². The average molecular weight is 340 g/mol. The molecule has 7 heteroatoms. The van der Waals surface area contributed by atoms with Gasteiger partial charge in [0.15, 0.2) is 5.82 Å². The highest BCUT2D eigenvalue weighted by Crippen LogP contribution is 2.33. The summed E-state index contributed by atoms with van der Waals surface area (Å²) in [7, 11) is 0. The lowest BCUT2D eigenvalue weighted by molar-refractivity contribution is 0.163. The average Bonchev–Trinajstić information content (AvgIpc) is 2.79. The molecule has 2 aromatic heterocycles. The third-order valence-corrected chi connectivity index (χ3v) is 4.59. The van der Waals surface area contributed by atoms with Crippen molar-refractivity contribution in [3.8, 4) is 0 Å². The molecule has 1 fully saturated rings. The van der Waals surface area contributed by atoms with E-state index in [4.69, 9.17) is 10.8 Å². The van der Waals surface area contributed by atoms with E-state index in [9.17, 15) is 0 Å². The number of rotatable bonds is 3. The number of nitrogens with two attached hydrogens (primary N) is 1. The molecule has 0 saturated carbocycles. The first-order valence-corrected chi connectivity index (χ1v) is 7.61. The Labute approximate surface area is 125 Å². The van der Waals surface area contributed by atoms with Crippen molar-refractivity contribution in [2.24, 2.45) is 0 Å². The number of anilines is 1. The van der Waals surface area contributed by atoms with Crippen LogP contribution in [0.3, 0.4) is 0 Å². The molecule has 0 bridgehead atoms. The van der Waals surface area contributed by atoms with Gasteiger partial charge in [0.05, 0.1) is 6.61 Å². The Morgan fingerprint density at radius 3 is 2.85 bits per heavy atom. The molecule has 3 heterocycles. The number of hydrogen-bond donors (Lipinski definition) is 2. The molecule has 0 aromatic carbocycles. The predicted octanol–water partition coefficient (Wildman–Crippen LogP) is 1.25. The lowest BCUT2D eigenvalue weighted by atomic mass is 9.94. The van der Waals surface area contributed by atoms with E-state index in [2.05, 4.69) is 37.0 Å². The lowest BCUT2D eigenvalue weighted by Crippen LogP contribution is -2.35. The van der Waals surface area contributed by atoms with Gasteiger partial charge in [-0.25, -0.2) is 9.50 Å². The third kappa shape index (κ3) is 2.41. The molecule has 3 N–H and O–H groups in total. The largest absolute Gasteiger partial charge is 0.395 e. The van der Waals surface area contributed by atoms with E-state index in [0.29, 0.717) is 11.7 Å². The van der Waals surface area contributed by atoms with Crippen LogP contribution < -0.4 is 5.73 Å². The van der Waals surface area contributed by atoms with Crippen molar-refractivity contribution in [2.45, 2.75) is 18.8 Å². The van der Waals surface area contributed by atoms with Gasteiger partial charge < -0.3 is 15.7 Å². The van der Waals surface area contributed by atoms with E-state index < -0.39 is 0 Å². The molecule has 1 saturated heterocycles. The number of aromatic nitrogens is 3. The van der Waals surface area contributed by atoms with Gasteiger partial charge >= 0.3 is 0 Å². The number of piperidine rings is 1.